The molecule has 0 spiro atoms. The number of methoxy groups -OCH3 is 1. The predicted molar refractivity (Wildman–Crippen MR) is 138 cm³/mol. The van der Waals surface area contributed by atoms with Crippen LogP contribution in [0, 0.1) is 23.2 Å². The molecular formula is C31H31NO3. The molecule has 0 unspecified atom stereocenters. The maximum Gasteiger partial charge on any atom is 0.317 e. The minimum absolute atomic E-state index is 0.0603. The smallest absolute Gasteiger partial charge is 0.317 e. The zero-order valence-corrected chi connectivity index (χ0v) is 20.2. The molecule has 4 nitrogen and oxygen atoms in total. The first-order valence-corrected chi connectivity index (χ1v) is 12.7. The zero-order chi connectivity index (χ0) is 23.8. The highest BCUT2D eigenvalue weighted by atomic mass is 16.6. The average molecular weight is 466 g/mol. The molecule has 0 atom stereocenters. The summed E-state index contributed by atoms with van der Waals surface area (Å²) in [4.78, 5) is 18.0. The highest BCUT2D eigenvalue weighted by molar-refractivity contribution is 5.84. The van der Waals surface area contributed by atoms with Crippen LogP contribution in [0.4, 0.5) is 5.69 Å². The molecule has 0 aliphatic heterocycles. The number of benzene rings is 3. The van der Waals surface area contributed by atoms with E-state index >= 15 is 0 Å². The summed E-state index contributed by atoms with van der Waals surface area (Å²) in [6.07, 6.45) is 8.71. The quantitative estimate of drug-likeness (QED) is 0.219. The van der Waals surface area contributed by atoms with Crippen molar-refractivity contribution in [2.45, 2.75) is 38.5 Å². The SMILES string of the molecule is COc1cc(C=Nc2ccc(-c3ccccc3)cc2)ccc1OC(=O)C12CC3CC(CC(C3)C1)C2. The van der Waals surface area contributed by atoms with Gasteiger partial charge in [0, 0.05) is 6.21 Å². The van der Waals surface area contributed by atoms with Crippen LogP contribution in [-0.4, -0.2) is 19.3 Å². The molecule has 7 rings (SSSR count). The third kappa shape index (κ3) is 4.38. The fourth-order valence-corrected chi connectivity index (χ4v) is 6.94. The van der Waals surface area contributed by atoms with Gasteiger partial charge in [-0.3, -0.25) is 9.79 Å². The molecule has 4 aliphatic carbocycles. The Bertz CT molecular complexity index is 1210. The maximum atomic E-state index is 13.4. The number of carbonyl (C=O) groups is 1. The number of rotatable bonds is 6. The number of aliphatic imine (C=N–C) groups is 1. The second kappa shape index (κ2) is 8.99. The summed E-state index contributed by atoms with van der Waals surface area (Å²) in [6.45, 7) is 0. The van der Waals surface area contributed by atoms with Gasteiger partial charge in [-0.05, 0) is 103 Å². The summed E-state index contributed by atoms with van der Waals surface area (Å²) in [5.41, 5.74) is 3.83. The van der Waals surface area contributed by atoms with Crippen LogP contribution in [-0.2, 0) is 4.79 Å². The van der Waals surface area contributed by atoms with E-state index in [9.17, 15) is 4.79 Å². The summed E-state index contributed by atoms with van der Waals surface area (Å²) >= 11 is 0. The average Bonchev–Trinajstić information content (AvgIpc) is 2.88. The van der Waals surface area contributed by atoms with Gasteiger partial charge in [-0.1, -0.05) is 42.5 Å². The number of hydrogen-bond donors (Lipinski definition) is 0. The van der Waals surface area contributed by atoms with Gasteiger partial charge in [0.1, 0.15) is 0 Å². The van der Waals surface area contributed by atoms with Crippen molar-refractivity contribution in [3.8, 4) is 22.6 Å². The van der Waals surface area contributed by atoms with Gasteiger partial charge in [0.05, 0.1) is 18.2 Å². The monoisotopic (exact) mass is 465 g/mol. The lowest BCUT2D eigenvalue weighted by molar-refractivity contribution is -0.161. The molecule has 0 saturated heterocycles. The van der Waals surface area contributed by atoms with Crippen molar-refractivity contribution in [1.29, 1.82) is 0 Å². The number of ether oxygens (including phenoxy) is 2. The second-order valence-corrected chi connectivity index (χ2v) is 10.7. The van der Waals surface area contributed by atoms with Crippen molar-refractivity contribution in [3.63, 3.8) is 0 Å². The third-order valence-corrected chi connectivity index (χ3v) is 8.20. The van der Waals surface area contributed by atoms with E-state index in [4.69, 9.17) is 9.47 Å². The Morgan fingerprint density at radius 1 is 0.829 bits per heavy atom. The number of carbonyl (C=O) groups excluding carboxylic acids is 1. The largest absolute Gasteiger partial charge is 0.493 e. The number of esters is 1. The third-order valence-electron chi connectivity index (χ3n) is 8.20. The van der Waals surface area contributed by atoms with Gasteiger partial charge in [-0.15, -0.1) is 0 Å². The molecule has 4 aliphatic rings. The van der Waals surface area contributed by atoms with Gasteiger partial charge in [-0.2, -0.15) is 0 Å². The Balaban J connectivity index is 1.15. The Morgan fingerprint density at radius 3 is 2.09 bits per heavy atom. The van der Waals surface area contributed by atoms with E-state index in [1.54, 1.807) is 7.11 Å². The van der Waals surface area contributed by atoms with Crippen LogP contribution in [0.2, 0.25) is 0 Å². The molecule has 4 saturated carbocycles. The van der Waals surface area contributed by atoms with Crippen molar-refractivity contribution in [3.05, 3.63) is 78.4 Å². The van der Waals surface area contributed by atoms with Gasteiger partial charge < -0.3 is 9.47 Å². The molecule has 3 aromatic rings. The minimum Gasteiger partial charge on any atom is -0.493 e. The molecule has 0 N–H and O–H groups in total. The first-order valence-electron chi connectivity index (χ1n) is 12.7. The van der Waals surface area contributed by atoms with E-state index < -0.39 is 0 Å². The van der Waals surface area contributed by atoms with Crippen LogP contribution in [0.3, 0.4) is 0 Å². The van der Waals surface area contributed by atoms with E-state index in [1.807, 2.05) is 54.7 Å². The fraction of sp³-hybridized carbons (Fsp3) is 0.355. The minimum atomic E-state index is -0.286. The Kier molecular flexibility index (Phi) is 5.68. The Morgan fingerprint density at radius 2 is 1.46 bits per heavy atom. The van der Waals surface area contributed by atoms with Crippen molar-refractivity contribution in [2.24, 2.45) is 28.2 Å². The highest BCUT2D eigenvalue weighted by Crippen LogP contribution is 2.60. The zero-order valence-electron chi connectivity index (χ0n) is 20.2. The van der Waals surface area contributed by atoms with Gasteiger partial charge in [0.2, 0.25) is 0 Å². The molecule has 178 valence electrons. The fourth-order valence-electron chi connectivity index (χ4n) is 6.94. The molecule has 35 heavy (non-hydrogen) atoms. The van der Waals surface area contributed by atoms with E-state index in [0.717, 1.165) is 36.1 Å². The van der Waals surface area contributed by atoms with Gasteiger partial charge in [0.15, 0.2) is 11.5 Å². The molecule has 0 radical (unpaired) electrons. The molecule has 4 fully saturated rings. The van der Waals surface area contributed by atoms with E-state index in [0.29, 0.717) is 29.3 Å². The van der Waals surface area contributed by atoms with Crippen LogP contribution in [0.5, 0.6) is 11.5 Å². The normalized spacial score (nSPS) is 26.7. The molecular weight excluding hydrogens is 434 g/mol. The van der Waals surface area contributed by atoms with E-state index in [2.05, 4.69) is 29.3 Å². The molecule has 0 heterocycles. The lowest BCUT2D eigenvalue weighted by atomic mass is 9.49. The van der Waals surface area contributed by atoms with Crippen LogP contribution < -0.4 is 9.47 Å². The van der Waals surface area contributed by atoms with Crippen molar-refractivity contribution < 1.29 is 14.3 Å². The second-order valence-electron chi connectivity index (χ2n) is 10.7. The maximum absolute atomic E-state index is 13.4. The summed E-state index contributed by atoms with van der Waals surface area (Å²) < 4.78 is 11.6. The Hall–Kier alpha value is -3.40. The van der Waals surface area contributed by atoms with Crippen LogP contribution in [0.25, 0.3) is 11.1 Å². The van der Waals surface area contributed by atoms with Crippen LogP contribution in [0.1, 0.15) is 44.1 Å². The first kappa shape index (κ1) is 22.1. The molecule has 0 aromatic heterocycles. The van der Waals surface area contributed by atoms with Crippen molar-refractivity contribution in [1.82, 2.24) is 0 Å². The molecule has 4 heteroatoms. The topological polar surface area (TPSA) is 47.9 Å². The number of hydrogen-bond acceptors (Lipinski definition) is 4. The molecule has 4 bridgehead atoms. The Labute approximate surface area is 207 Å². The molecule has 0 amide bonds. The summed E-state index contributed by atoms with van der Waals surface area (Å²) in [6, 6.07) is 24.1. The van der Waals surface area contributed by atoms with Crippen LogP contribution in [0.15, 0.2) is 77.8 Å². The van der Waals surface area contributed by atoms with Crippen molar-refractivity contribution in [2.75, 3.05) is 7.11 Å². The lowest BCUT2D eigenvalue weighted by Gasteiger charge is -2.55. The van der Waals surface area contributed by atoms with Gasteiger partial charge in [-0.25, -0.2) is 0 Å². The van der Waals surface area contributed by atoms with E-state index in [-0.39, 0.29) is 11.4 Å². The standard InChI is InChI=1S/C31H31NO3/c1-34-29-16-21(20-32-27-10-8-26(9-11-27)25-5-3-2-4-6-25)7-12-28(29)35-30(33)31-17-22-13-23(18-31)15-24(14-22)19-31/h2-12,16,20,22-24H,13-15,17-19H2,1H3. The lowest BCUT2D eigenvalue weighted by Crippen LogP contribution is -2.51. The first-order chi connectivity index (χ1) is 17.1. The summed E-state index contributed by atoms with van der Waals surface area (Å²) in [7, 11) is 1.61. The molecule has 3 aromatic carbocycles. The van der Waals surface area contributed by atoms with E-state index in [1.165, 1.54) is 24.8 Å². The predicted octanol–water partition coefficient (Wildman–Crippen LogP) is 7.23. The van der Waals surface area contributed by atoms with Crippen LogP contribution >= 0.6 is 0 Å². The highest BCUT2D eigenvalue weighted by Gasteiger charge is 2.55. The van der Waals surface area contributed by atoms with Gasteiger partial charge >= 0.3 is 5.97 Å². The number of nitrogens with zero attached hydrogens (tertiary/aromatic N) is 1. The summed E-state index contributed by atoms with van der Waals surface area (Å²) in [5.74, 6) is 3.11. The van der Waals surface area contributed by atoms with Gasteiger partial charge in [0.25, 0.3) is 0 Å². The van der Waals surface area contributed by atoms with Crippen molar-refractivity contribution >= 4 is 17.9 Å². The summed E-state index contributed by atoms with van der Waals surface area (Å²) in [5, 5.41) is 0.